The van der Waals surface area contributed by atoms with Crippen LogP contribution in [0, 0.1) is 0 Å². The van der Waals surface area contributed by atoms with Crippen LogP contribution in [0.3, 0.4) is 0 Å². The summed E-state index contributed by atoms with van der Waals surface area (Å²) in [5, 5.41) is 4.70. The van der Waals surface area contributed by atoms with E-state index in [9.17, 15) is 0 Å². The van der Waals surface area contributed by atoms with Crippen LogP contribution in [0.25, 0.3) is 20.4 Å². The van der Waals surface area contributed by atoms with Crippen molar-refractivity contribution in [2.24, 2.45) is 0 Å². The van der Waals surface area contributed by atoms with Gasteiger partial charge in [0, 0.05) is 29.6 Å². The number of rotatable bonds is 6. The quantitative estimate of drug-likeness (QED) is 0.588. The highest BCUT2D eigenvalue weighted by Crippen LogP contribution is 2.42. The van der Waals surface area contributed by atoms with Crippen molar-refractivity contribution >= 4 is 37.6 Å². The Kier molecular flexibility index (Phi) is 5.03. The predicted molar refractivity (Wildman–Crippen MR) is 113 cm³/mol. The largest absolute Gasteiger partial charge is 0.370 e. The van der Waals surface area contributed by atoms with E-state index in [0.29, 0.717) is 6.61 Å². The molecule has 5 nitrogen and oxygen atoms in total. The summed E-state index contributed by atoms with van der Waals surface area (Å²) >= 11 is 1.72. The summed E-state index contributed by atoms with van der Waals surface area (Å²) in [4.78, 5) is 15.3. The number of hydrogen-bond acceptors (Lipinski definition) is 6. The summed E-state index contributed by atoms with van der Waals surface area (Å²) in [5.74, 6) is 0.938. The molecule has 3 aromatic rings. The highest BCUT2D eigenvalue weighted by molar-refractivity contribution is 7.26. The second-order valence-corrected chi connectivity index (χ2v) is 8.95. The molecule has 0 bridgehead atoms. The van der Waals surface area contributed by atoms with Crippen LogP contribution in [0.15, 0.2) is 6.33 Å². The first-order valence-corrected chi connectivity index (χ1v) is 10.8. The van der Waals surface area contributed by atoms with Crippen LogP contribution in [0.5, 0.6) is 0 Å². The van der Waals surface area contributed by atoms with E-state index < -0.39 is 0 Å². The fourth-order valence-electron chi connectivity index (χ4n) is 3.83. The Balaban J connectivity index is 1.93. The lowest BCUT2D eigenvalue weighted by molar-refractivity contribution is -0.0401. The number of thiophene rings is 1. The number of aryl methyl sites for hydroxylation is 1. The molecule has 6 heteroatoms. The van der Waals surface area contributed by atoms with Crippen LogP contribution >= 0.6 is 11.3 Å². The average Bonchev–Trinajstić information content (AvgIpc) is 3.01. The van der Waals surface area contributed by atoms with Gasteiger partial charge < -0.3 is 10.1 Å². The second-order valence-electron chi connectivity index (χ2n) is 7.95. The minimum Gasteiger partial charge on any atom is -0.370 e. The third-order valence-electron chi connectivity index (χ3n) is 5.22. The minimum atomic E-state index is -0.158. The summed E-state index contributed by atoms with van der Waals surface area (Å²) in [5.41, 5.74) is 4.73. The number of nitrogens with zero attached hydrogens (tertiary/aromatic N) is 3. The number of unbranched alkanes of at least 4 members (excludes halogenated alkanes) is 1. The Morgan fingerprint density at radius 3 is 2.81 bits per heavy atom. The molecule has 0 aromatic carbocycles. The van der Waals surface area contributed by atoms with E-state index in [0.717, 1.165) is 59.5 Å². The standard InChI is InChI=1S/C21H28N4OS/c1-5-7-9-22-19-18-17(23-12-24-19)16-13-10-21(3,4)26-11-14(13)15(8-6-2)25-20(16)27-18/h12H,5-11H2,1-4H3,(H,22,23,24). The van der Waals surface area contributed by atoms with E-state index in [1.165, 1.54) is 22.2 Å². The van der Waals surface area contributed by atoms with Crippen molar-refractivity contribution in [3.63, 3.8) is 0 Å². The van der Waals surface area contributed by atoms with Crippen molar-refractivity contribution in [2.75, 3.05) is 11.9 Å². The molecule has 1 aliphatic rings. The van der Waals surface area contributed by atoms with Crippen LogP contribution < -0.4 is 5.32 Å². The molecule has 4 rings (SSSR count). The van der Waals surface area contributed by atoms with Crippen LogP contribution in [-0.4, -0.2) is 27.1 Å². The molecule has 0 amide bonds. The molecular weight excluding hydrogens is 356 g/mol. The third kappa shape index (κ3) is 3.41. The van der Waals surface area contributed by atoms with Gasteiger partial charge in [-0.1, -0.05) is 26.7 Å². The number of hydrogen-bond donors (Lipinski definition) is 1. The predicted octanol–water partition coefficient (Wildman–Crippen LogP) is 5.26. The van der Waals surface area contributed by atoms with E-state index in [2.05, 4.69) is 43.0 Å². The van der Waals surface area contributed by atoms with Gasteiger partial charge in [0.05, 0.1) is 22.4 Å². The van der Waals surface area contributed by atoms with E-state index in [1.807, 2.05) is 0 Å². The molecule has 27 heavy (non-hydrogen) atoms. The molecule has 0 atom stereocenters. The van der Waals surface area contributed by atoms with Crippen molar-refractivity contribution in [3.05, 3.63) is 23.1 Å². The molecule has 0 aliphatic carbocycles. The maximum absolute atomic E-state index is 6.12. The summed E-state index contributed by atoms with van der Waals surface area (Å²) in [6.45, 7) is 10.3. The SMILES string of the molecule is CCCCNc1ncnc2c1sc1nc(CCC)c3c(c12)CC(C)(C)OC3. The van der Waals surface area contributed by atoms with E-state index in [-0.39, 0.29) is 5.60 Å². The molecule has 0 spiro atoms. The van der Waals surface area contributed by atoms with Crippen molar-refractivity contribution in [2.45, 2.75) is 72.0 Å². The van der Waals surface area contributed by atoms with E-state index in [1.54, 1.807) is 17.7 Å². The summed E-state index contributed by atoms with van der Waals surface area (Å²) < 4.78 is 7.25. The van der Waals surface area contributed by atoms with Crippen molar-refractivity contribution in [1.82, 2.24) is 15.0 Å². The molecule has 1 N–H and O–H groups in total. The van der Waals surface area contributed by atoms with Gasteiger partial charge in [-0.25, -0.2) is 15.0 Å². The second kappa shape index (κ2) is 7.32. The van der Waals surface area contributed by atoms with Gasteiger partial charge in [0.25, 0.3) is 0 Å². The lowest BCUT2D eigenvalue weighted by Gasteiger charge is -2.33. The summed E-state index contributed by atoms with van der Waals surface area (Å²) in [6, 6.07) is 0. The maximum Gasteiger partial charge on any atom is 0.147 e. The van der Waals surface area contributed by atoms with Crippen molar-refractivity contribution in [3.8, 4) is 0 Å². The van der Waals surface area contributed by atoms with Gasteiger partial charge in [-0.3, -0.25) is 0 Å². The van der Waals surface area contributed by atoms with Crippen LogP contribution in [-0.2, 0) is 24.2 Å². The Hall–Kier alpha value is -1.79. The van der Waals surface area contributed by atoms with Gasteiger partial charge in [0.15, 0.2) is 0 Å². The monoisotopic (exact) mass is 384 g/mol. The molecule has 3 aromatic heterocycles. The molecular formula is C21H28N4OS. The first-order chi connectivity index (χ1) is 13.0. The van der Waals surface area contributed by atoms with Crippen molar-refractivity contribution in [1.29, 1.82) is 0 Å². The number of nitrogens with one attached hydrogen (secondary N) is 1. The fourth-order valence-corrected chi connectivity index (χ4v) is 4.97. The van der Waals surface area contributed by atoms with Gasteiger partial charge >= 0.3 is 0 Å². The zero-order valence-electron chi connectivity index (χ0n) is 16.7. The summed E-state index contributed by atoms with van der Waals surface area (Å²) in [7, 11) is 0. The number of pyridine rings is 1. The van der Waals surface area contributed by atoms with Crippen LogP contribution in [0.2, 0.25) is 0 Å². The molecule has 1 aliphatic heterocycles. The Morgan fingerprint density at radius 1 is 1.19 bits per heavy atom. The topological polar surface area (TPSA) is 59.9 Å². The number of ether oxygens (including phenoxy) is 1. The fraction of sp³-hybridized carbons (Fsp3) is 0.571. The molecule has 0 radical (unpaired) electrons. The molecule has 0 saturated heterocycles. The van der Waals surface area contributed by atoms with Crippen LogP contribution in [0.1, 0.15) is 63.8 Å². The van der Waals surface area contributed by atoms with Gasteiger partial charge in [-0.2, -0.15) is 0 Å². The molecule has 0 unspecified atom stereocenters. The summed E-state index contributed by atoms with van der Waals surface area (Å²) in [6.07, 6.45) is 6.95. The van der Waals surface area contributed by atoms with Gasteiger partial charge in [0.2, 0.25) is 0 Å². The smallest absolute Gasteiger partial charge is 0.147 e. The molecule has 0 saturated carbocycles. The average molecular weight is 385 g/mol. The number of anilines is 1. The maximum atomic E-state index is 6.12. The molecule has 4 heterocycles. The molecule has 144 valence electrons. The lowest BCUT2D eigenvalue weighted by Crippen LogP contribution is -2.32. The third-order valence-corrected chi connectivity index (χ3v) is 6.30. The zero-order chi connectivity index (χ0) is 19.0. The highest BCUT2D eigenvalue weighted by Gasteiger charge is 2.31. The Bertz CT molecular complexity index is 979. The van der Waals surface area contributed by atoms with E-state index in [4.69, 9.17) is 9.72 Å². The Labute approximate surface area is 164 Å². The first kappa shape index (κ1) is 18.6. The Morgan fingerprint density at radius 2 is 2.04 bits per heavy atom. The van der Waals surface area contributed by atoms with Gasteiger partial charge in [-0.15, -0.1) is 11.3 Å². The van der Waals surface area contributed by atoms with Crippen LogP contribution in [0.4, 0.5) is 5.82 Å². The zero-order valence-corrected chi connectivity index (χ0v) is 17.5. The minimum absolute atomic E-state index is 0.158. The van der Waals surface area contributed by atoms with Gasteiger partial charge in [0.1, 0.15) is 17.0 Å². The van der Waals surface area contributed by atoms with E-state index >= 15 is 0 Å². The normalized spacial score (nSPS) is 16.0. The van der Waals surface area contributed by atoms with Crippen molar-refractivity contribution < 1.29 is 4.74 Å². The first-order valence-electron chi connectivity index (χ1n) is 9.99. The number of aromatic nitrogens is 3. The van der Waals surface area contributed by atoms with Gasteiger partial charge in [-0.05, 0) is 32.3 Å². The highest BCUT2D eigenvalue weighted by atomic mass is 32.1. The lowest BCUT2D eigenvalue weighted by atomic mass is 9.88. The molecule has 0 fully saturated rings. The number of fused-ring (bicyclic) bond motifs is 5.